The molecule has 0 aromatic carbocycles. The van der Waals surface area contributed by atoms with Gasteiger partial charge in [0.2, 0.25) is 5.91 Å². The number of aliphatic hydroxyl groups excluding tert-OH is 8. The van der Waals surface area contributed by atoms with Gasteiger partial charge >= 0.3 is 0 Å². The van der Waals surface area contributed by atoms with Crippen LogP contribution in [0.5, 0.6) is 0 Å². The molecule has 2 heterocycles. The maximum Gasteiger partial charge on any atom is 0.220 e. The molecule has 482 valence electrons. The van der Waals surface area contributed by atoms with Crippen molar-refractivity contribution < 1.29 is 64.6 Å². The van der Waals surface area contributed by atoms with Crippen LogP contribution in [0.1, 0.15) is 296 Å². The second-order valence-electron chi connectivity index (χ2n) is 24.3. The standard InChI is InChI=1S/C68H127NO13/c1-3-5-7-9-11-13-15-16-17-18-19-20-21-22-23-24-25-26-27-28-29-30-31-32-33-34-35-36-37-38-39-40-42-44-46-48-50-52-60(73)69-56(57(72)51-49-47-45-43-41-14-12-10-8-6-4-2)55-79-67-65(78)63(76)66(59(54-71)81-67)82-68-64(77)62(75)61(74)58(53-70)80-68/h8,10,41,43,49,51,56-59,61-68,70-72,74-78H,3-7,9,11-40,42,44-48,50,52-55H2,1-2H3,(H,69,73)/b10-8+,43-41+,51-49+. The van der Waals surface area contributed by atoms with E-state index in [2.05, 4.69) is 43.5 Å². The summed E-state index contributed by atoms with van der Waals surface area (Å²) in [5.74, 6) is -0.250. The van der Waals surface area contributed by atoms with Gasteiger partial charge in [0, 0.05) is 6.42 Å². The second kappa shape index (κ2) is 53.4. The molecule has 0 aromatic heterocycles. The van der Waals surface area contributed by atoms with E-state index in [1.54, 1.807) is 6.08 Å². The van der Waals surface area contributed by atoms with Gasteiger partial charge < -0.3 is 65.1 Å². The summed E-state index contributed by atoms with van der Waals surface area (Å²) in [5.41, 5.74) is 0. The van der Waals surface area contributed by atoms with Crippen molar-refractivity contribution >= 4 is 5.91 Å². The van der Waals surface area contributed by atoms with Crippen molar-refractivity contribution in [1.82, 2.24) is 5.32 Å². The Labute approximate surface area is 500 Å². The smallest absolute Gasteiger partial charge is 0.220 e. The molecule has 0 saturated carbocycles. The van der Waals surface area contributed by atoms with E-state index in [0.29, 0.717) is 12.8 Å². The Bertz CT molecular complexity index is 1510. The Morgan fingerprint density at radius 3 is 1.17 bits per heavy atom. The monoisotopic (exact) mass is 1170 g/mol. The number of allylic oxidation sites excluding steroid dienone is 5. The number of aliphatic hydroxyl groups is 8. The predicted molar refractivity (Wildman–Crippen MR) is 332 cm³/mol. The Morgan fingerprint density at radius 2 is 0.780 bits per heavy atom. The Kier molecular flexibility index (Phi) is 49.7. The van der Waals surface area contributed by atoms with Gasteiger partial charge in [0.25, 0.3) is 0 Å². The van der Waals surface area contributed by atoms with E-state index in [-0.39, 0.29) is 18.9 Å². The zero-order valence-corrected chi connectivity index (χ0v) is 52.2. The molecule has 0 bridgehead atoms. The highest BCUT2D eigenvalue weighted by molar-refractivity contribution is 5.76. The molecule has 2 rings (SSSR count). The van der Waals surface area contributed by atoms with Crippen molar-refractivity contribution in [3.63, 3.8) is 0 Å². The lowest BCUT2D eigenvalue weighted by Crippen LogP contribution is -2.65. The van der Waals surface area contributed by atoms with Crippen molar-refractivity contribution in [2.45, 2.75) is 370 Å². The minimum Gasteiger partial charge on any atom is -0.394 e. The lowest BCUT2D eigenvalue weighted by atomic mass is 9.97. The molecule has 2 saturated heterocycles. The molecule has 0 aromatic rings. The van der Waals surface area contributed by atoms with Crippen LogP contribution in [-0.4, -0.2) is 140 Å². The fourth-order valence-electron chi connectivity index (χ4n) is 11.3. The van der Waals surface area contributed by atoms with Crippen LogP contribution in [0.15, 0.2) is 36.5 Å². The molecule has 0 spiro atoms. The number of rotatable bonds is 56. The zero-order valence-electron chi connectivity index (χ0n) is 52.2. The van der Waals surface area contributed by atoms with E-state index >= 15 is 0 Å². The fraction of sp³-hybridized carbons (Fsp3) is 0.897. The van der Waals surface area contributed by atoms with Crippen LogP contribution < -0.4 is 5.32 Å². The Balaban J connectivity index is 1.54. The van der Waals surface area contributed by atoms with Crippen LogP contribution in [0.2, 0.25) is 0 Å². The first-order chi connectivity index (χ1) is 40.1. The molecule has 14 heteroatoms. The summed E-state index contributed by atoms with van der Waals surface area (Å²) < 4.78 is 22.7. The minimum absolute atomic E-state index is 0.250. The Hall–Kier alpha value is -1.79. The number of nitrogens with one attached hydrogen (secondary N) is 1. The van der Waals surface area contributed by atoms with E-state index in [1.807, 2.05) is 6.08 Å². The number of hydrogen-bond donors (Lipinski definition) is 9. The van der Waals surface area contributed by atoms with E-state index in [0.717, 1.165) is 51.4 Å². The van der Waals surface area contributed by atoms with Gasteiger partial charge in [0.15, 0.2) is 12.6 Å². The predicted octanol–water partition coefficient (Wildman–Crippen LogP) is 13.3. The summed E-state index contributed by atoms with van der Waals surface area (Å²) in [6.45, 7) is 2.72. The zero-order chi connectivity index (χ0) is 59.5. The van der Waals surface area contributed by atoms with Crippen molar-refractivity contribution in [2.75, 3.05) is 19.8 Å². The first-order valence-electron chi connectivity index (χ1n) is 34.2. The highest BCUT2D eigenvalue weighted by atomic mass is 16.7. The van der Waals surface area contributed by atoms with Crippen molar-refractivity contribution in [3.05, 3.63) is 36.5 Å². The molecule has 12 unspecified atom stereocenters. The maximum atomic E-state index is 13.2. The van der Waals surface area contributed by atoms with Crippen molar-refractivity contribution in [3.8, 4) is 0 Å². The minimum atomic E-state index is -1.79. The summed E-state index contributed by atoms with van der Waals surface area (Å²) in [5, 5.41) is 87.0. The molecule has 82 heavy (non-hydrogen) atoms. The summed E-state index contributed by atoms with van der Waals surface area (Å²) in [7, 11) is 0. The van der Waals surface area contributed by atoms with E-state index in [1.165, 1.54) is 212 Å². The molecular formula is C68H127NO13. The third-order valence-electron chi connectivity index (χ3n) is 16.8. The summed E-state index contributed by atoms with van der Waals surface area (Å²) in [6.07, 6.45) is 51.2. The van der Waals surface area contributed by atoms with Gasteiger partial charge in [-0.2, -0.15) is 0 Å². The quantitative estimate of drug-likeness (QED) is 0.0204. The molecule has 2 aliphatic heterocycles. The molecular weight excluding hydrogens is 1040 g/mol. The summed E-state index contributed by atoms with van der Waals surface area (Å²) >= 11 is 0. The third-order valence-corrected chi connectivity index (χ3v) is 16.8. The maximum absolute atomic E-state index is 13.2. The largest absolute Gasteiger partial charge is 0.394 e. The van der Waals surface area contributed by atoms with Gasteiger partial charge in [-0.1, -0.05) is 288 Å². The van der Waals surface area contributed by atoms with Crippen LogP contribution in [-0.2, 0) is 23.7 Å². The van der Waals surface area contributed by atoms with Crippen LogP contribution in [0.25, 0.3) is 0 Å². The van der Waals surface area contributed by atoms with Crippen LogP contribution in [0.4, 0.5) is 0 Å². The second-order valence-corrected chi connectivity index (χ2v) is 24.3. The molecule has 0 aliphatic carbocycles. The third kappa shape index (κ3) is 37.7. The van der Waals surface area contributed by atoms with Crippen LogP contribution in [0.3, 0.4) is 0 Å². The fourth-order valence-corrected chi connectivity index (χ4v) is 11.3. The molecule has 2 fully saturated rings. The van der Waals surface area contributed by atoms with Gasteiger partial charge in [-0.3, -0.25) is 4.79 Å². The first kappa shape index (κ1) is 76.3. The first-order valence-corrected chi connectivity index (χ1v) is 34.2. The van der Waals surface area contributed by atoms with Gasteiger partial charge in [0.05, 0.1) is 32.0 Å². The highest BCUT2D eigenvalue weighted by Crippen LogP contribution is 2.30. The highest BCUT2D eigenvalue weighted by Gasteiger charge is 2.51. The van der Waals surface area contributed by atoms with Crippen LogP contribution in [0, 0.1) is 0 Å². The molecule has 14 nitrogen and oxygen atoms in total. The molecule has 2 aliphatic rings. The number of carbonyl (C=O) groups excluding carboxylic acids is 1. The summed E-state index contributed by atoms with van der Waals surface area (Å²) in [4.78, 5) is 13.2. The van der Waals surface area contributed by atoms with E-state index in [4.69, 9.17) is 18.9 Å². The summed E-state index contributed by atoms with van der Waals surface area (Å²) in [6, 6.07) is -0.935. The molecule has 0 radical (unpaired) electrons. The van der Waals surface area contributed by atoms with Gasteiger partial charge in [-0.25, -0.2) is 0 Å². The van der Waals surface area contributed by atoms with Crippen LogP contribution >= 0.6 is 0 Å². The van der Waals surface area contributed by atoms with Gasteiger partial charge in [-0.05, 0) is 38.5 Å². The van der Waals surface area contributed by atoms with Crippen molar-refractivity contribution in [1.29, 1.82) is 0 Å². The number of hydrogen-bond acceptors (Lipinski definition) is 13. The van der Waals surface area contributed by atoms with Gasteiger partial charge in [0.1, 0.15) is 48.8 Å². The van der Waals surface area contributed by atoms with E-state index in [9.17, 15) is 45.6 Å². The number of amides is 1. The Morgan fingerprint density at radius 1 is 0.427 bits per heavy atom. The number of carbonyl (C=O) groups is 1. The van der Waals surface area contributed by atoms with Crippen molar-refractivity contribution in [2.24, 2.45) is 0 Å². The lowest BCUT2D eigenvalue weighted by molar-refractivity contribution is -0.359. The average Bonchev–Trinajstić information content (AvgIpc) is 3.62. The van der Waals surface area contributed by atoms with E-state index < -0.39 is 86.8 Å². The average molecular weight is 1170 g/mol. The normalized spacial score (nSPS) is 24.1. The molecule has 9 N–H and O–H groups in total. The van der Waals surface area contributed by atoms with Gasteiger partial charge in [-0.15, -0.1) is 0 Å². The number of unbranched alkanes of at least 4 members (excludes halogenated alkanes) is 39. The topological polar surface area (TPSA) is 228 Å². The lowest BCUT2D eigenvalue weighted by Gasteiger charge is -2.46. The SMILES string of the molecule is CCC/C=C/CC/C=C/CC/C=C/C(O)C(COC1OC(CO)C(OC2OC(CO)C(O)C(O)C2O)C(O)C1O)NC(=O)CCCCCCCCCCCCCCCCCCCCCCCCCCCCCCCCCCCCCCC. The molecule has 1 amide bonds. The number of ether oxygens (including phenoxy) is 4. The molecule has 12 atom stereocenters.